The Morgan fingerprint density at radius 1 is 0.800 bits per heavy atom. The summed E-state index contributed by atoms with van der Waals surface area (Å²) in [6.07, 6.45) is 10.1. The van der Waals surface area contributed by atoms with Crippen molar-refractivity contribution in [3.8, 4) is 0 Å². The molecule has 21 heteroatoms. The molecule has 2 atom stereocenters. The van der Waals surface area contributed by atoms with Crippen LogP contribution in [0.25, 0.3) is 0 Å². The number of primary amides is 2. The van der Waals surface area contributed by atoms with Crippen LogP contribution in [0.2, 0.25) is 0 Å². The second-order valence-electron chi connectivity index (χ2n) is 13.0. The molecule has 0 aliphatic carbocycles. The van der Waals surface area contributed by atoms with Crippen LogP contribution < -0.4 is 48.3 Å². The van der Waals surface area contributed by atoms with Gasteiger partial charge in [0.25, 0.3) is 11.8 Å². The molecular formula is C34H42N16O3S2. The third-order valence-corrected chi connectivity index (χ3v) is 10.1. The van der Waals surface area contributed by atoms with E-state index in [0.717, 1.165) is 66.7 Å². The molecule has 19 nitrogen and oxygen atoms in total. The number of nitrogens with two attached hydrogens (primary N) is 3. The lowest BCUT2D eigenvalue weighted by Crippen LogP contribution is -2.49. The molecule has 0 unspecified atom stereocenters. The number of carbonyl (C=O) groups is 3. The first-order chi connectivity index (χ1) is 26.5. The van der Waals surface area contributed by atoms with Gasteiger partial charge in [-0.3, -0.25) is 14.6 Å². The van der Waals surface area contributed by atoms with Crippen molar-refractivity contribution < 1.29 is 14.4 Å². The minimum Gasteiger partial charge on any atom is -0.364 e. The van der Waals surface area contributed by atoms with Crippen molar-refractivity contribution in [2.75, 3.05) is 51.9 Å². The first-order valence-corrected chi connectivity index (χ1v) is 19.0. The van der Waals surface area contributed by atoms with E-state index in [1.807, 2.05) is 30.9 Å². The van der Waals surface area contributed by atoms with Crippen LogP contribution in [0.1, 0.15) is 58.0 Å². The van der Waals surface area contributed by atoms with Crippen LogP contribution in [0.15, 0.2) is 49.1 Å². The van der Waals surface area contributed by atoms with Crippen molar-refractivity contribution in [3.05, 3.63) is 71.8 Å². The van der Waals surface area contributed by atoms with E-state index < -0.39 is 11.8 Å². The van der Waals surface area contributed by atoms with Gasteiger partial charge in [-0.2, -0.15) is 8.75 Å². The van der Waals surface area contributed by atoms with Gasteiger partial charge < -0.3 is 48.3 Å². The summed E-state index contributed by atoms with van der Waals surface area (Å²) in [7, 11) is 0. The zero-order chi connectivity index (χ0) is 38.9. The van der Waals surface area contributed by atoms with Gasteiger partial charge in [0.1, 0.15) is 21.6 Å². The van der Waals surface area contributed by atoms with E-state index in [0.29, 0.717) is 29.7 Å². The first kappa shape index (κ1) is 38.7. The molecule has 10 N–H and O–H groups in total. The van der Waals surface area contributed by atoms with Crippen molar-refractivity contribution in [2.24, 2.45) is 17.2 Å². The fraction of sp³-hybridized carbons (Fsp3) is 0.353. The quantitative estimate of drug-likeness (QED) is 0.107. The van der Waals surface area contributed by atoms with Gasteiger partial charge in [-0.15, -0.1) is 0 Å². The molecule has 288 valence electrons. The van der Waals surface area contributed by atoms with Crippen molar-refractivity contribution in [1.82, 2.24) is 39.0 Å². The third kappa shape index (κ3) is 10.5. The summed E-state index contributed by atoms with van der Waals surface area (Å²) in [6.45, 7) is 6.69. The molecule has 0 aromatic carbocycles. The molecule has 0 bridgehead atoms. The number of aromatic nitrogens is 7. The van der Waals surface area contributed by atoms with E-state index in [9.17, 15) is 14.4 Å². The maximum absolute atomic E-state index is 12.3. The Bertz CT molecular complexity index is 2110. The number of hydrogen-bond acceptors (Lipinski definition) is 17. The molecule has 0 radical (unpaired) electrons. The Morgan fingerprint density at radius 3 is 1.85 bits per heavy atom. The van der Waals surface area contributed by atoms with Crippen molar-refractivity contribution >= 4 is 79.9 Å². The second kappa shape index (κ2) is 17.8. The van der Waals surface area contributed by atoms with Gasteiger partial charge in [-0.1, -0.05) is 0 Å². The van der Waals surface area contributed by atoms with Crippen LogP contribution in [0, 0.1) is 13.8 Å². The maximum atomic E-state index is 12.3. The van der Waals surface area contributed by atoms with Crippen LogP contribution in [0.3, 0.4) is 0 Å². The van der Waals surface area contributed by atoms with E-state index in [4.69, 9.17) is 17.2 Å². The van der Waals surface area contributed by atoms with E-state index in [-0.39, 0.29) is 35.3 Å². The number of rotatable bonds is 10. The normalized spacial score (nSPS) is 16.7. The zero-order valence-electron chi connectivity index (χ0n) is 30.2. The molecule has 2 fully saturated rings. The zero-order valence-corrected chi connectivity index (χ0v) is 31.9. The Morgan fingerprint density at radius 2 is 1.36 bits per heavy atom. The van der Waals surface area contributed by atoms with Crippen LogP contribution in [-0.4, -0.2) is 89.8 Å². The van der Waals surface area contributed by atoms with Gasteiger partial charge in [-0.05, 0) is 86.9 Å². The minimum absolute atomic E-state index is 0.0577. The average molecular weight is 787 g/mol. The molecule has 2 saturated heterocycles. The lowest BCUT2D eigenvalue weighted by atomic mass is 10.1. The fourth-order valence-electron chi connectivity index (χ4n) is 5.99. The number of piperidine rings is 2. The van der Waals surface area contributed by atoms with Gasteiger partial charge >= 0.3 is 6.03 Å². The number of nitrogens with one attached hydrogen (secondary N) is 4. The Labute approximate surface area is 324 Å². The molecule has 4 amide bonds. The molecule has 0 saturated carbocycles. The monoisotopic (exact) mass is 786 g/mol. The Kier molecular flexibility index (Phi) is 12.5. The molecule has 2 aliphatic rings. The Balaban J connectivity index is 0.000000197. The van der Waals surface area contributed by atoms with Crippen LogP contribution >= 0.6 is 23.1 Å². The number of carbonyl (C=O) groups excluding carboxylic acids is 3. The molecule has 2 aliphatic heterocycles. The first-order valence-electron chi connectivity index (χ1n) is 17.5. The number of urea groups is 1. The molecule has 7 heterocycles. The van der Waals surface area contributed by atoms with Crippen LogP contribution in [-0.2, 0) is 0 Å². The van der Waals surface area contributed by atoms with Crippen molar-refractivity contribution in [1.29, 1.82) is 0 Å². The largest absolute Gasteiger partial charge is 0.364 e. The second-order valence-corrected chi connectivity index (χ2v) is 14.6. The molecule has 5 aromatic rings. The SMILES string of the molecule is Cc1cc(Nc2nc(N3CCC[C@@H](N)C3)cnc2C(N)=O)sn1.Cc1cc(Nc2nc(N3CCC[C@@H](NC(=O)Nc4cccnc4)C3)cnc2C(N)=O)sn1. The van der Waals surface area contributed by atoms with Gasteiger partial charge in [0, 0.05) is 44.5 Å². The number of aryl methyl sites for hydroxylation is 2. The van der Waals surface area contributed by atoms with E-state index in [1.54, 1.807) is 30.7 Å². The number of nitrogens with zero attached hydrogens (tertiary/aromatic N) is 9. The van der Waals surface area contributed by atoms with Crippen LogP contribution in [0.5, 0.6) is 0 Å². The van der Waals surface area contributed by atoms with Gasteiger partial charge in [0.05, 0.1) is 35.7 Å². The Hall–Kier alpha value is -6.06. The van der Waals surface area contributed by atoms with Crippen molar-refractivity contribution in [3.63, 3.8) is 0 Å². The smallest absolute Gasteiger partial charge is 0.319 e. The lowest BCUT2D eigenvalue weighted by molar-refractivity contribution is 0.0987. The summed E-state index contributed by atoms with van der Waals surface area (Å²) in [6, 6.07) is 7.02. The predicted molar refractivity (Wildman–Crippen MR) is 212 cm³/mol. The fourth-order valence-corrected chi connectivity index (χ4v) is 7.31. The van der Waals surface area contributed by atoms with Crippen molar-refractivity contribution in [2.45, 2.75) is 51.6 Å². The molecule has 5 aromatic heterocycles. The van der Waals surface area contributed by atoms with E-state index in [1.165, 1.54) is 29.3 Å². The average Bonchev–Trinajstić information content (AvgIpc) is 3.78. The predicted octanol–water partition coefficient (Wildman–Crippen LogP) is 3.28. The van der Waals surface area contributed by atoms with E-state index >= 15 is 0 Å². The summed E-state index contributed by atoms with van der Waals surface area (Å²) in [5.41, 5.74) is 19.4. The number of anilines is 7. The van der Waals surface area contributed by atoms with Gasteiger partial charge in [0.15, 0.2) is 23.0 Å². The maximum Gasteiger partial charge on any atom is 0.319 e. The summed E-state index contributed by atoms with van der Waals surface area (Å²) in [5, 5.41) is 13.5. The number of hydrogen-bond donors (Lipinski definition) is 7. The lowest BCUT2D eigenvalue weighted by Gasteiger charge is -2.34. The molecule has 55 heavy (non-hydrogen) atoms. The summed E-state index contributed by atoms with van der Waals surface area (Å²) in [5.74, 6) is 0.619. The molecule has 0 spiro atoms. The summed E-state index contributed by atoms with van der Waals surface area (Å²) < 4.78 is 8.42. The standard InChI is InChI=1S/C20H23N9O2S.C14H19N7OS/c1-12-8-16(32-28-12)27-19-17(18(21)30)23-10-15(26-19)29-7-3-5-14(11-29)25-20(31)24-13-4-2-6-22-9-13;1-8-5-11(23-20-8)19-14-12(13(16)22)17-6-10(18-14)21-4-2-3-9(15)7-21/h2,4,6,8-10,14H,3,5,7,11H2,1H3,(H2,21,30)(H,26,27)(H2,24,25,31);5-6,9H,2-4,7,15H2,1H3,(H2,16,22)(H,18,19)/t14-;9-/m11/s1. The summed E-state index contributed by atoms with van der Waals surface area (Å²) >= 11 is 2.55. The summed E-state index contributed by atoms with van der Waals surface area (Å²) in [4.78, 5) is 61.4. The third-order valence-electron chi connectivity index (χ3n) is 8.51. The van der Waals surface area contributed by atoms with Gasteiger partial charge in [-0.25, -0.2) is 24.7 Å². The molecule has 7 rings (SSSR count). The minimum atomic E-state index is -0.668. The highest BCUT2D eigenvalue weighted by Crippen LogP contribution is 2.27. The van der Waals surface area contributed by atoms with Gasteiger partial charge in [0.2, 0.25) is 0 Å². The number of pyridine rings is 1. The topological polar surface area (TPSA) is 274 Å². The van der Waals surface area contributed by atoms with E-state index in [2.05, 4.69) is 59.8 Å². The number of amides is 4. The van der Waals surface area contributed by atoms with Crippen LogP contribution in [0.4, 0.5) is 43.8 Å². The highest BCUT2D eigenvalue weighted by Gasteiger charge is 2.25. The molecular weight excluding hydrogens is 745 g/mol. The highest BCUT2D eigenvalue weighted by atomic mass is 32.1. The highest BCUT2D eigenvalue weighted by molar-refractivity contribution is 7.10.